The van der Waals surface area contributed by atoms with E-state index >= 15 is 0 Å². The summed E-state index contributed by atoms with van der Waals surface area (Å²) in [6, 6.07) is 0. The molecular formula is C18H21NO6. The molecule has 2 fully saturated rings. The van der Waals surface area contributed by atoms with Gasteiger partial charge in [0, 0.05) is 12.8 Å². The molecule has 0 spiro atoms. The zero-order chi connectivity index (χ0) is 18.0. The summed E-state index contributed by atoms with van der Waals surface area (Å²) >= 11 is 0. The van der Waals surface area contributed by atoms with Crippen LogP contribution in [0.2, 0.25) is 0 Å². The minimum absolute atomic E-state index is 0.119. The molecule has 0 atom stereocenters. The quantitative estimate of drug-likeness (QED) is 0.420. The van der Waals surface area contributed by atoms with Gasteiger partial charge in [0.15, 0.2) is 18.3 Å². The highest BCUT2D eigenvalue weighted by molar-refractivity contribution is 6.18. The summed E-state index contributed by atoms with van der Waals surface area (Å²) in [7, 11) is 0. The van der Waals surface area contributed by atoms with Crippen molar-refractivity contribution in [3.8, 4) is 0 Å². The topological polar surface area (TPSA) is 97.8 Å². The zero-order valence-electron chi connectivity index (χ0n) is 13.9. The van der Waals surface area contributed by atoms with Crippen molar-refractivity contribution in [2.45, 2.75) is 44.9 Å². The molecular weight excluding hydrogens is 326 g/mol. The summed E-state index contributed by atoms with van der Waals surface area (Å²) in [6.45, 7) is -0.298. The van der Waals surface area contributed by atoms with E-state index in [0.717, 1.165) is 17.7 Å². The molecule has 25 heavy (non-hydrogen) atoms. The van der Waals surface area contributed by atoms with Gasteiger partial charge in [0.25, 0.3) is 0 Å². The molecule has 1 saturated heterocycles. The smallest absolute Gasteiger partial charge is 0.310 e. The Bertz CT molecular complexity index is 610. The minimum Gasteiger partial charge on any atom is -0.443 e. The van der Waals surface area contributed by atoms with E-state index in [2.05, 4.69) is 0 Å². The Morgan fingerprint density at radius 3 is 2.08 bits per heavy atom. The molecule has 2 aliphatic carbocycles. The van der Waals surface area contributed by atoms with Crippen LogP contribution in [0.3, 0.4) is 0 Å². The van der Waals surface area contributed by atoms with Gasteiger partial charge in [-0.2, -0.15) is 0 Å². The second-order valence-electron chi connectivity index (χ2n) is 6.95. The molecule has 1 heterocycles. The van der Waals surface area contributed by atoms with Crippen LogP contribution in [0, 0.1) is 17.8 Å². The molecule has 0 unspecified atom stereocenters. The average Bonchev–Trinajstić information content (AvgIpc) is 3.09. The van der Waals surface area contributed by atoms with Gasteiger partial charge in [-0.05, 0) is 50.2 Å². The monoisotopic (exact) mass is 347 g/mol. The maximum atomic E-state index is 12.1. The van der Waals surface area contributed by atoms with Crippen LogP contribution in [0.25, 0.3) is 0 Å². The fraction of sp³-hybridized carbons (Fsp3) is 0.611. The van der Waals surface area contributed by atoms with Gasteiger partial charge in [0.1, 0.15) is 0 Å². The zero-order valence-corrected chi connectivity index (χ0v) is 13.9. The summed E-state index contributed by atoms with van der Waals surface area (Å²) in [6.07, 6.45) is 6.37. The van der Waals surface area contributed by atoms with Gasteiger partial charge in [-0.3, -0.25) is 24.0 Å². The largest absolute Gasteiger partial charge is 0.443 e. The number of hydrogen-bond acceptors (Lipinski definition) is 6. The normalized spacial score (nSPS) is 27.4. The van der Waals surface area contributed by atoms with E-state index in [1.807, 2.05) is 0 Å². The number of carbonyl (C=O) groups is 5. The summed E-state index contributed by atoms with van der Waals surface area (Å²) in [5.74, 6) is -1.78. The Balaban J connectivity index is 1.42. The third-order valence-corrected chi connectivity index (χ3v) is 5.34. The first kappa shape index (κ1) is 17.5. The number of carbonyl (C=O) groups excluding carboxylic acids is 5. The van der Waals surface area contributed by atoms with Gasteiger partial charge in [0.05, 0.1) is 11.8 Å². The first-order chi connectivity index (χ1) is 12.0. The van der Waals surface area contributed by atoms with Crippen LogP contribution in [0.15, 0.2) is 12.2 Å². The number of esters is 1. The molecule has 0 aromatic heterocycles. The van der Waals surface area contributed by atoms with Crippen LogP contribution >= 0.6 is 0 Å². The highest BCUT2D eigenvalue weighted by Gasteiger charge is 2.35. The number of rotatable bonds is 5. The number of hydrogen-bond donors (Lipinski definition) is 0. The summed E-state index contributed by atoms with van der Waals surface area (Å²) in [5, 5.41) is 0. The Kier molecular flexibility index (Phi) is 5.11. The van der Waals surface area contributed by atoms with E-state index in [0.29, 0.717) is 19.3 Å². The van der Waals surface area contributed by atoms with Crippen LogP contribution in [-0.4, -0.2) is 41.0 Å². The first-order valence-electron chi connectivity index (χ1n) is 8.71. The fourth-order valence-electron chi connectivity index (χ4n) is 3.75. The lowest BCUT2D eigenvalue weighted by Gasteiger charge is -2.28. The van der Waals surface area contributed by atoms with Crippen molar-refractivity contribution < 1.29 is 28.7 Å². The number of ether oxygens (including phenoxy) is 1. The lowest BCUT2D eigenvalue weighted by atomic mass is 9.77. The Morgan fingerprint density at radius 2 is 1.52 bits per heavy atom. The minimum atomic E-state index is -0.541. The molecule has 0 radical (unpaired) electrons. The van der Waals surface area contributed by atoms with E-state index in [4.69, 9.17) is 4.74 Å². The number of amides is 2. The Morgan fingerprint density at radius 1 is 0.960 bits per heavy atom. The molecule has 134 valence electrons. The van der Waals surface area contributed by atoms with Crippen molar-refractivity contribution >= 4 is 29.4 Å². The van der Waals surface area contributed by atoms with E-state index in [1.165, 1.54) is 12.2 Å². The van der Waals surface area contributed by atoms with E-state index < -0.39 is 5.92 Å². The number of likely N-dealkylation sites (tertiary alicyclic amines) is 1. The molecule has 7 heteroatoms. The molecule has 0 bridgehead atoms. The number of nitrogens with zero attached hydrogens (tertiary/aromatic N) is 1. The molecule has 0 aromatic carbocycles. The van der Waals surface area contributed by atoms with Gasteiger partial charge >= 0.3 is 5.97 Å². The van der Waals surface area contributed by atoms with Crippen molar-refractivity contribution in [1.82, 2.24) is 4.90 Å². The van der Waals surface area contributed by atoms with Crippen molar-refractivity contribution in [2.24, 2.45) is 17.8 Å². The van der Waals surface area contributed by atoms with Gasteiger partial charge in [-0.25, -0.2) is 4.90 Å². The Labute approximate surface area is 145 Å². The van der Waals surface area contributed by atoms with E-state index in [9.17, 15) is 24.0 Å². The SMILES string of the molecule is O=C(OCN1C(=O)CCC1=O)C1CCC(CC2C(=O)C=CC2=O)CC1. The van der Waals surface area contributed by atoms with Crippen LogP contribution in [0.4, 0.5) is 0 Å². The van der Waals surface area contributed by atoms with E-state index in [-0.39, 0.29) is 60.8 Å². The van der Waals surface area contributed by atoms with Crippen molar-refractivity contribution in [3.05, 3.63) is 12.2 Å². The molecule has 1 saturated carbocycles. The lowest BCUT2D eigenvalue weighted by molar-refractivity contribution is -0.160. The first-order valence-corrected chi connectivity index (χ1v) is 8.71. The van der Waals surface area contributed by atoms with Crippen molar-refractivity contribution in [1.29, 1.82) is 0 Å². The Hall–Kier alpha value is -2.31. The molecule has 3 rings (SSSR count). The second kappa shape index (κ2) is 7.29. The standard InChI is InChI=1S/C18H21NO6/c20-14-5-6-15(21)13(14)9-11-1-3-12(4-2-11)18(24)25-10-19-16(22)7-8-17(19)23/h5-6,11-13H,1-4,7-10H2. The predicted molar refractivity (Wildman–Crippen MR) is 84.8 cm³/mol. The highest BCUT2D eigenvalue weighted by Crippen LogP contribution is 2.34. The third kappa shape index (κ3) is 3.86. The molecule has 0 N–H and O–H groups in total. The van der Waals surface area contributed by atoms with Gasteiger partial charge in [-0.15, -0.1) is 0 Å². The summed E-state index contributed by atoms with van der Waals surface area (Å²) in [4.78, 5) is 59.4. The number of ketones is 2. The molecule has 1 aliphatic heterocycles. The van der Waals surface area contributed by atoms with Crippen molar-refractivity contribution in [2.75, 3.05) is 6.73 Å². The van der Waals surface area contributed by atoms with Gasteiger partial charge < -0.3 is 4.74 Å². The van der Waals surface area contributed by atoms with Crippen LogP contribution in [-0.2, 0) is 28.7 Å². The maximum Gasteiger partial charge on any atom is 0.310 e. The summed E-state index contributed by atoms with van der Waals surface area (Å²) in [5.41, 5.74) is 0. The maximum absolute atomic E-state index is 12.1. The fourth-order valence-corrected chi connectivity index (χ4v) is 3.75. The van der Waals surface area contributed by atoms with Crippen molar-refractivity contribution in [3.63, 3.8) is 0 Å². The lowest BCUT2D eigenvalue weighted by Crippen LogP contribution is -2.34. The number of allylic oxidation sites excluding steroid dienone is 2. The third-order valence-electron chi connectivity index (χ3n) is 5.34. The molecule has 7 nitrogen and oxygen atoms in total. The van der Waals surface area contributed by atoms with E-state index in [1.54, 1.807) is 0 Å². The van der Waals surface area contributed by atoms with Crippen LogP contribution in [0.5, 0.6) is 0 Å². The molecule has 0 aromatic rings. The number of imide groups is 1. The van der Waals surface area contributed by atoms with Gasteiger partial charge in [-0.1, -0.05) is 0 Å². The van der Waals surface area contributed by atoms with Gasteiger partial charge in [0.2, 0.25) is 11.8 Å². The molecule has 3 aliphatic rings. The summed E-state index contributed by atoms with van der Waals surface area (Å²) < 4.78 is 5.14. The second-order valence-corrected chi connectivity index (χ2v) is 6.95. The average molecular weight is 347 g/mol. The van der Waals surface area contributed by atoms with Crippen LogP contribution < -0.4 is 0 Å². The van der Waals surface area contributed by atoms with Crippen LogP contribution in [0.1, 0.15) is 44.9 Å². The highest BCUT2D eigenvalue weighted by atomic mass is 16.5. The molecule has 2 amide bonds. The predicted octanol–water partition coefficient (Wildman–Crippen LogP) is 1.16.